The van der Waals surface area contributed by atoms with Crippen LogP contribution in [0, 0.1) is 0 Å². The summed E-state index contributed by atoms with van der Waals surface area (Å²) in [6.45, 7) is 0.657. The van der Waals surface area contributed by atoms with Crippen LogP contribution in [-0.4, -0.2) is 45.1 Å². The lowest BCUT2D eigenvalue weighted by atomic mass is 10.0. The lowest BCUT2D eigenvalue weighted by Gasteiger charge is -2.27. The van der Waals surface area contributed by atoms with Crippen molar-refractivity contribution >= 4 is 21.6 Å². The predicted octanol–water partition coefficient (Wildman–Crippen LogP) is 2.03. The SMILES string of the molecule is COc1cccc(OCC(=O)Nc2ccc3c(c2)CN(S(C)(=O)=O)CC3)c1. The van der Waals surface area contributed by atoms with Crippen LogP contribution >= 0.6 is 0 Å². The van der Waals surface area contributed by atoms with Gasteiger partial charge in [-0.15, -0.1) is 0 Å². The van der Waals surface area contributed by atoms with Crippen molar-refractivity contribution in [1.82, 2.24) is 4.31 Å². The van der Waals surface area contributed by atoms with Crippen molar-refractivity contribution in [2.24, 2.45) is 0 Å². The predicted molar refractivity (Wildman–Crippen MR) is 103 cm³/mol. The van der Waals surface area contributed by atoms with E-state index in [1.807, 2.05) is 18.2 Å². The fourth-order valence-electron chi connectivity index (χ4n) is 2.93. The number of rotatable bonds is 6. The smallest absolute Gasteiger partial charge is 0.262 e. The number of nitrogens with one attached hydrogen (secondary N) is 1. The van der Waals surface area contributed by atoms with Gasteiger partial charge in [-0.1, -0.05) is 12.1 Å². The molecular formula is C19H22N2O5S. The van der Waals surface area contributed by atoms with E-state index in [-0.39, 0.29) is 12.5 Å². The van der Waals surface area contributed by atoms with Gasteiger partial charge in [-0.2, -0.15) is 4.31 Å². The number of methoxy groups -OCH3 is 1. The Hall–Kier alpha value is -2.58. The summed E-state index contributed by atoms with van der Waals surface area (Å²) in [5.74, 6) is 0.894. The highest BCUT2D eigenvalue weighted by Gasteiger charge is 2.23. The molecule has 0 spiro atoms. The van der Waals surface area contributed by atoms with Gasteiger partial charge >= 0.3 is 0 Å². The minimum Gasteiger partial charge on any atom is -0.497 e. The number of hydrogen-bond acceptors (Lipinski definition) is 5. The molecule has 1 aliphatic heterocycles. The number of hydrogen-bond donors (Lipinski definition) is 1. The molecule has 2 aromatic rings. The average Bonchev–Trinajstić information content (AvgIpc) is 2.65. The van der Waals surface area contributed by atoms with Gasteiger partial charge < -0.3 is 14.8 Å². The number of benzene rings is 2. The van der Waals surface area contributed by atoms with Gasteiger partial charge in [0.1, 0.15) is 11.5 Å². The summed E-state index contributed by atoms with van der Waals surface area (Å²) >= 11 is 0. The molecule has 0 saturated carbocycles. The Bertz CT molecular complexity index is 943. The van der Waals surface area contributed by atoms with E-state index in [0.29, 0.717) is 36.7 Å². The lowest BCUT2D eigenvalue weighted by Crippen LogP contribution is -2.35. The standard InChI is InChI=1S/C19H22N2O5S/c1-25-17-4-3-5-18(11-17)26-13-19(22)20-16-7-6-14-8-9-21(27(2,23)24)12-15(14)10-16/h3-7,10-11H,8-9,12-13H2,1-2H3,(H,20,22). The van der Waals surface area contributed by atoms with Gasteiger partial charge in [-0.3, -0.25) is 4.79 Å². The van der Waals surface area contributed by atoms with Crippen molar-refractivity contribution in [2.75, 3.05) is 31.8 Å². The summed E-state index contributed by atoms with van der Waals surface area (Å²) in [5, 5.41) is 2.78. The fraction of sp³-hybridized carbons (Fsp3) is 0.316. The minimum absolute atomic E-state index is 0.139. The monoisotopic (exact) mass is 390 g/mol. The molecule has 1 aliphatic rings. The van der Waals surface area contributed by atoms with Crippen LogP contribution in [0.25, 0.3) is 0 Å². The van der Waals surface area contributed by atoms with Gasteiger partial charge in [-0.05, 0) is 41.8 Å². The number of carbonyl (C=O) groups excluding carboxylic acids is 1. The Kier molecular flexibility index (Phi) is 5.67. The molecule has 1 amide bonds. The van der Waals surface area contributed by atoms with Crippen LogP contribution < -0.4 is 14.8 Å². The number of fused-ring (bicyclic) bond motifs is 1. The maximum Gasteiger partial charge on any atom is 0.262 e. The van der Waals surface area contributed by atoms with E-state index in [2.05, 4.69) is 5.32 Å². The van der Waals surface area contributed by atoms with E-state index in [1.165, 1.54) is 10.6 Å². The van der Waals surface area contributed by atoms with Crippen molar-refractivity contribution in [1.29, 1.82) is 0 Å². The van der Waals surface area contributed by atoms with E-state index in [9.17, 15) is 13.2 Å². The van der Waals surface area contributed by atoms with Gasteiger partial charge in [0, 0.05) is 24.8 Å². The highest BCUT2D eigenvalue weighted by Crippen LogP contribution is 2.24. The topological polar surface area (TPSA) is 84.9 Å². The Morgan fingerprint density at radius 3 is 2.67 bits per heavy atom. The second-order valence-electron chi connectivity index (χ2n) is 6.35. The number of ether oxygens (including phenoxy) is 2. The Labute approximate surface area is 158 Å². The Morgan fingerprint density at radius 2 is 1.93 bits per heavy atom. The molecule has 27 heavy (non-hydrogen) atoms. The highest BCUT2D eigenvalue weighted by molar-refractivity contribution is 7.88. The summed E-state index contributed by atoms with van der Waals surface area (Å²) < 4.78 is 35.5. The zero-order valence-electron chi connectivity index (χ0n) is 15.3. The molecule has 7 nitrogen and oxygen atoms in total. The summed E-state index contributed by atoms with van der Waals surface area (Å²) in [6.07, 6.45) is 1.87. The largest absolute Gasteiger partial charge is 0.497 e. The molecule has 1 heterocycles. The second kappa shape index (κ2) is 7.98. The van der Waals surface area contributed by atoms with Gasteiger partial charge in [0.2, 0.25) is 10.0 Å². The Morgan fingerprint density at radius 1 is 1.15 bits per heavy atom. The average molecular weight is 390 g/mol. The molecule has 0 bridgehead atoms. The molecule has 0 aromatic heterocycles. The van der Waals surface area contributed by atoms with Crippen LogP contribution in [0.2, 0.25) is 0 Å². The van der Waals surface area contributed by atoms with Crippen molar-refractivity contribution in [3.05, 3.63) is 53.6 Å². The minimum atomic E-state index is -3.23. The van der Waals surface area contributed by atoms with Crippen LogP contribution in [0.4, 0.5) is 5.69 Å². The molecule has 0 radical (unpaired) electrons. The summed E-state index contributed by atoms with van der Waals surface area (Å²) in [7, 11) is -1.67. The van der Waals surface area contributed by atoms with Gasteiger partial charge in [0.15, 0.2) is 6.61 Å². The first-order valence-corrected chi connectivity index (χ1v) is 10.3. The number of carbonyl (C=O) groups is 1. The number of amides is 1. The van der Waals surface area contributed by atoms with Crippen LogP contribution in [0.15, 0.2) is 42.5 Å². The molecule has 0 atom stereocenters. The molecule has 0 unspecified atom stereocenters. The van der Waals surface area contributed by atoms with E-state index < -0.39 is 10.0 Å². The molecule has 0 fully saturated rings. The fourth-order valence-corrected chi connectivity index (χ4v) is 3.73. The molecule has 1 N–H and O–H groups in total. The number of sulfonamides is 1. The maximum atomic E-state index is 12.2. The van der Waals surface area contributed by atoms with Gasteiger partial charge in [0.05, 0.1) is 13.4 Å². The first-order chi connectivity index (χ1) is 12.8. The van der Waals surface area contributed by atoms with Crippen molar-refractivity contribution < 1.29 is 22.7 Å². The zero-order chi connectivity index (χ0) is 19.4. The van der Waals surface area contributed by atoms with E-state index in [1.54, 1.807) is 31.4 Å². The van der Waals surface area contributed by atoms with Gasteiger partial charge in [-0.25, -0.2) is 8.42 Å². The first kappa shape index (κ1) is 19.2. The molecule has 2 aromatic carbocycles. The third kappa shape index (κ3) is 4.99. The first-order valence-electron chi connectivity index (χ1n) is 8.49. The summed E-state index contributed by atoms with van der Waals surface area (Å²) in [5.41, 5.74) is 2.61. The van der Waals surface area contributed by atoms with E-state index in [0.717, 1.165) is 11.1 Å². The van der Waals surface area contributed by atoms with Crippen LogP contribution in [0.3, 0.4) is 0 Å². The number of nitrogens with zero attached hydrogens (tertiary/aromatic N) is 1. The normalized spacial score (nSPS) is 14.3. The highest BCUT2D eigenvalue weighted by atomic mass is 32.2. The third-order valence-electron chi connectivity index (χ3n) is 4.35. The summed E-state index contributed by atoms with van der Waals surface area (Å²) in [6, 6.07) is 12.6. The molecule has 8 heteroatoms. The van der Waals surface area contributed by atoms with Crippen molar-refractivity contribution in [3.63, 3.8) is 0 Å². The summed E-state index contributed by atoms with van der Waals surface area (Å²) in [4.78, 5) is 12.2. The Balaban J connectivity index is 1.61. The second-order valence-corrected chi connectivity index (χ2v) is 8.33. The van der Waals surface area contributed by atoms with Crippen LogP contribution in [0.1, 0.15) is 11.1 Å². The quantitative estimate of drug-likeness (QED) is 0.816. The lowest BCUT2D eigenvalue weighted by molar-refractivity contribution is -0.118. The molecular weight excluding hydrogens is 368 g/mol. The molecule has 0 saturated heterocycles. The zero-order valence-corrected chi connectivity index (χ0v) is 16.1. The van der Waals surface area contributed by atoms with E-state index in [4.69, 9.17) is 9.47 Å². The van der Waals surface area contributed by atoms with Crippen molar-refractivity contribution in [2.45, 2.75) is 13.0 Å². The van der Waals surface area contributed by atoms with Gasteiger partial charge in [0.25, 0.3) is 5.91 Å². The molecule has 3 rings (SSSR count). The molecule has 144 valence electrons. The third-order valence-corrected chi connectivity index (χ3v) is 5.60. The van der Waals surface area contributed by atoms with Crippen LogP contribution in [0.5, 0.6) is 11.5 Å². The molecule has 0 aliphatic carbocycles. The van der Waals surface area contributed by atoms with Crippen LogP contribution in [-0.2, 0) is 27.8 Å². The van der Waals surface area contributed by atoms with Crippen molar-refractivity contribution in [3.8, 4) is 11.5 Å². The van der Waals surface area contributed by atoms with E-state index >= 15 is 0 Å². The maximum absolute atomic E-state index is 12.2. The number of anilines is 1.